The molecule has 0 N–H and O–H groups in total. The minimum atomic E-state index is 0. The largest absolute Gasteiger partial charge is 1.00 e. The molecular weight excluding hydrogens is 590 g/mol. The molecule has 0 aromatic carbocycles. The van der Waals surface area contributed by atoms with Crippen molar-refractivity contribution in [3.8, 4) is 0 Å². The summed E-state index contributed by atoms with van der Waals surface area (Å²) in [6.07, 6.45) is 18.5. The Hall–Kier alpha value is 0.627. The van der Waals surface area contributed by atoms with E-state index in [4.69, 9.17) is 0 Å². The molecule has 0 atom stereocenters. The third-order valence-electron chi connectivity index (χ3n) is 4.67. The Labute approximate surface area is 216 Å². The first kappa shape index (κ1) is 35.2. The second kappa shape index (κ2) is 17.1. The fourth-order valence-corrected chi connectivity index (χ4v) is 2.87. The molecule has 0 fully saturated rings. The van der Waals surface area contributed by atoms with Crippen LogP contribution < -0.4 is 24.8 Å². The van der Waals surface area contributed by atoms with Gasteiger partial charge in [0.25, 0.3) is 0 Å². The molecule has 0 saturated heterocycles. The predicted octanol–water partition coefficient (Wildman–Crippen LogP) is 2.58. The summed E-state index contributed by atoms with van der Waals surface area (Å²) in [6.45, 7) is 22.7. The zero-order valence-corrected chi connectivity index (χ0v) is 27.3. The van der Waals surface area contributed by atoms with E-state index in [-0.39, 0.29) is 30.3 Å². The van der Waals surface area contributed by atoms with E-state index in [1.807, 2.05) is 0 Å². The fraction of sp³-hybridized carbons (Fsp3) is 0.692. The van der Waals surface area contributed by atoms with E-state index in [0.717, 1.165) is 12.8 Å². The number of rotatable bonds is 4. The molecule has 0 amide bonds. The molecule has 0 aromatic heterocycles. The first-order chi connectivity index (χ1) is 12.8. The molecular formula is C26H44Cl2HfSi-2. The van der Waals surface area contributed by atoms with Gasteiger partial charge in [-0.05, 0) is 10.8 Å². The van der Waals surface area contributed by atoms with Gasteiger partial charge in [-0.2, -0.15) is 11.1 Å². The van der Waals surface area contributed by atoms with Crippen molar-refractivity contribution in [2.45, 2.75) is 107 Å². The van der Waals surface area contributed by atoms with Crippen LogP contribution in [0.25, 0.3) is 0 Å². The van der Waals surface area contributed by atoms with Gasteiger partial charge in [0.1, 0.15) is 0 Å². The summed E-state index contributed by atoms with van der Waals surface area (Å²) in [5, 5.41) is 0. The number of allylic oxidation sites excluding steroid dienone is 8. The van der Waals surface area contributed by atoms with E-state index in [1.165, 1.54) is 71.0 Å². The van der Waals surface area contributed by atoms with E-state index in [1.54, 1.807) is 0 Å². The van der Waals surface area contributed by atoms with Crippen LogP contribution in [0.5, 0.6) is 0 Å². The third kappa shape index (κ3) is 16.3. The summed E-state index contributed by atoms with van der Waals surface area (Å²) in [5.41, 5.74) is 6.84. The quantitative estimate of drug-likeness (QED) is 0.330. The molecule has 0 bridgehead atoms. The standard InChI is InChI=1S/2C12H19.C2H6Si.2ClH.Hf/c2*1-5-6-10-7-8-11(9-10)12(2,3)4;1-3-2;;;/h2*9H,5-6,8H2,1-4H3;1-2H3;2*1H;/q2*-1;;;;+2/p-2. The summed E-state index contributed by atoms with van der Waals surface area (Å²) in [4.78, 5) is 0. The molecule has 172 valence electrons. The third-order valence-corrected chi connectivity index (χ3v) is 4.67. The molecule has 2 aliphatic carbocycles. The van der Waals surface area contributed by atoms with Crippen LogP contribution in [-0.2, 0) is 23.0 Å². The zero-order valence-electron chi connectivity index (χ0n) is 21.2. The second-order valence-electron chi connectivity index (χ2n) is 10.1. The van der Waals surface area contributed by atoms with Gasteiger partial charge in [-0.3, -0.25) is 12.2 Å². The minimum absolute atomic E-state index is 0. The van der Waals surface area contributed by atoms with Gasteiger partial charge in [-0.1, -0.05) is 81.1 Å². The maximum Gasteiger partial charge on any atom is -1.00 e. The van der Waals surface area contributed by atoms with Crippen LogP contribution >= 0.6 is 0 Å². The summed E-state index contributed by atoms with van der Waals surface area (Å²) in [5.74, 6) is 0. The van der Waals surface area contributed by atoms with Crippen LogP contribution in [0.15, 0.2) is 34.4 Å². The van der Waals surface area contributed by atoms with Crippen molar-refractivity contribution in [2.75, 3.05) is 0 Å². The zero-order chi connectivity index (χ0) is 22.0. The van der Waals surface area contributed by atoms with Gasteiger partial charge < -0.3 is 24.8 Å². The van der Waals surface area contributed by atoms with Crippen molar-refractivity contribution in [2.24, 2.45) is 10.8 Å². The van der Waals surface area contributed by atoms with Gasteiger partial charge in [0, 0.05) is 0 Å². The van der Waals surface area contributed by atoms with Crippen LogP contribution in [0.2, 0.25) is 13.1 Å². The molecule has 0 unspecified atom stereocenters. The van der Waals surface area contributed by atoms with Crippen molar-refractivity contribution in [1.82, 2.24) is 0 Å². The Morgan fingerprint density at radius 3 is 1.20 bits per heavy atom. The Bertz CT molecular complexity index is 572. The molecule has 4 heteroatoms. The molecule has 0 nitrogen and oxygen atoms in total. The van der Waals surface area contributed by atoms with Gasteiger partial charge >= 0.3 is 41.6 Å². The molecule has 2 rings (SSSR count). The first-order valence-corrected chi connectivity index (χ1v) is 18.8. The number of hydrogen-bond donors (Lipinski definition) is 0. The number of halogens is 2. The van der Waals surface area contributed by atoms with Crippen LogP contribution in [0.4, 0.5) is 0 Å². The first-order valence-electron chi connectivity index (χ1n) is 10.9. The Morgan fingerprint density at radius 2 is 1.03 bits per heavy atom. The maximum atomic E-state index is 3.44. The van der Waals surface area contributed by atoms with Crippen LogP contribution in [0.1, 0.15) is 93.9 Å². The summed E-state index contributed by atoms with van der Waals surface area (Å²) in [7, 11) is 0. The normalized spacial score (nSPS) is 15.1. The summed E-state index contributed by atoms with van der Waals surface area (Å²) in [6, 6.07) is 0. The molecule has 0 saturated carbocycles. The number of hydrogen-bond acceptors (Lipinski definition) is 0. The van der Waals surface area contributed by atoms with Gasteiger partial charge in [-0.25, -0.2) is 23.3 Å². The van der Waals surface area contributed by atoms with Crippen molar-refractivity contribution in [3.63, 3.8) is 0 Å². The monoisotopic (exact) mass is 634 g/mol. The molecule has 0 spiro atoms. The van der Waals surface area contributed by atoms with E-state index < -0.39 is 0 Å². The topological polar surface area (TPSA) is 0 Å². The van der Waals surface area contributed by atoms with Crippen molar-refractivity contribution in [1.29, 1.82) is 0 Å². The fourth-order valence-electron chi connectivity index (χ4n) is 2.87. The van der Waals surface area contributed by atoms with Crippen LogP contribution in [0, 0.1) is 23.0 Å². The molecule has 0 aromatic rings. The Kier molecular flexibility index (Phi) is 20.1. The smallest absolute Gasteiger partial charge is 1.00 e. The van der Waals surface area contributed by atoms with Gasteiger partial charge in [0.15, 0.2) is 0 Å². The SMILES string of the molecule is CCCC1=[C-]CC(C(C)(C)C)=C1.CCCC1=[C-]CC(C(C)(C)C)=C1.C[Si](C)=[Hf+2].[Cl-].[Cl-]. The molecule has 0 aliphatic heterocycles. The molecule has 0 radical (unpaired) electrons. The summed E-state index contributed by atoms with van der Waals surface area (Å²) < 4.78 is 0. The molecule has 30 heavy (non-hydrogen) atoms. The summed E-state index contributed by atoms with van der Waals surface area (Å²) >= 11 is 1.45. The van der Waals surface area contributed by atoms with E-state index >= 15 is 0 Å². The average Bonchev–Trinajstić information content (AvgIpc) is 3.16. The second-order valence-corrected chi connectivity index (χ2v) is 22.9. The van der Waals surface area contributed by atoms with Crippen LogP contribution in [-0.4, -0.2) is 5.49 Å². The van der Waals surface area contributed by atoms with Gasteiger partial charge in [0.2, 0.25) is 0 Å². The molecule has 0 heterocycles. The minimum Gasteiger partial charge on any atom is -1.00 e. The average molecular weight is 634 g/mol. The van der Waals surface area contributed by atoms with Crippen molar-refractivity contribution in [3.05, 3.63) is 46.6 Å². The van der Waals surface area contributed by atoms with Crippen LogP contribution in [0.3, 0.4) is 0 Å². The maximum absolute atomic E-state index is 3.44. The van der Waals surface area contributed by atoms with E-state index in [0.29, 0.717) is 10.8 Å². The van der Waals surface area contributed by atoms with Crippen molar-refractivity contribution < 1.29 is 47.8 Å². The van der Waals surface area contributed by atoms with Gasteiger partial charge in [-0.15, -0.1) is 12.8 Å². The van der Waals surface area contributed by atoms with E-state index in [9.17, 15) is 0 Å². The Morgan fingerprint density at radius 1 is 0.767 bits per heavy atom. The predicted molar refractivity (Wildman–Crippen MR) is 125 cm³/mol. The Balaban J connectivity index is -0.000000391. The molecule has 2 aliphatic rings. The van der Waals surface area contributed by atoms with E-state index in [2.05, 4.69) is 92.8 Å². The van der Waals surface area contributed by atoms with Crippen molar-refractivity contribution >= 4 is 5.49 Å². The van der Waals surface area contributed by atoms with Gasteiger partial charge in [0.05, 0.1) is 0 Å².